The maximum atomic E-state index is 11.2. The number of fused-ring (bicyclic) bond motifs is 1. The molecule has 0 unspecified atom stereocenters. The number of halogens is 1. The van der Waals surface area contributed by atoms with Gasteiger partial charge in [0.05, 0.1) is 10.2 Å². The molecule has 0 atom stereocenters. The highest BCUT2D eigenvalue weighted by Crippen LogP contribution is 2.28. The summed E-state index contributed by atoms with van der Waals surface area (Å²) in [7, 11) is 1.60. The molecule has 0 N–H and O–H groups in total. The number of hydrogen-bond donors (Lipinski definition) is 0. The van der Waals surface area contributed by atoms with Crippen LogP contribution in [0.3, 0.4) is 0 Å². The van der Waals surface area contributed by atoms with E-state index in [1.165, 1.54) is 17.4 Å². The lowest BCUT2D eigenvalue weighted by atomic mass is 10.2. The normalized spacial score (nSPS) is 12.1. The van der Waals surface area contributed by atoms with Gasteiger partial charge in [-0.25, -0.2) is 13.4 Å². The van der Waals surface area contributed by atoms with Gasteiger partial charge in [-0.1, -0.05) is 0 Å². The van der Waals surface area contributed by atoms with Crippen molar-refractivity contribution in [1.82, 2.24) is 4.98 Å². The summed E-state index contributed by atoms with van der Waals surface area (Å²) in [5.74, 6) is 0. The number of rotatable bonds is 1. The van der Waals surface area contributed by atoms with E-state index in [0.29, 0.717) is 5.52 Å². The number of aryl methyl sites for hydroxylation is 1. The molecule has 2 rings (SSSR count). The quantitative estimate of drug-likeness (QED) is 0.728. The van der Waals surface area contributed by atoms with Gasteiger partial charge in [0.15, 0.2) is 0 Å². The molecule has 14 heavy (non-hydrogen) atoms. The minimum absolute atomic E-state index is 0.0930. The van der Waals surface area contributed by atoms with E-state index < -0.39 is 9.05 Å². The molecule has 0 aliphatic carbocycles. The smallest absolute Gasteiger partial charge is 0.243 e. The Hall–Kier alpha value is -0.650. The van der Waals surface area contributed by atoms with Gasteiger partial charge in [-0.2, -0.15) is 0 Å². The van der Waals surface area contributed by atoms with E-state index in [-0.39, 0.29) is 4.90 Å². The van der Waals surface area contributed by atoms with E-state index in [2.05, 4.69) is 4.98 Å². The van der Waals surface area contributed by atoms with Gasteiger partial charge in [-0.05, 0) is 24.6 Å². The van der Waals surface area contributed by atoms with Crippen LogP contribution in [0.4, 0.5) is 0 Å². The summed E-state index contributed by atoms with van der Waals surface area (Å²) in [6.45, 7) is 1.82. The monoisotopic (exact) mass is 247 g/mol. The van der Waals surface area contributed by atoms with Crippen LogP contribution >= 0.6 is 22.0 Å². The second-order valence-corrected chi connectivity index (χ2v) is 6.32. The lowest BCUT2D eigenvalue weighted by molar-refractivity contribution is 0.610. The third kappa shape index (κ3) is 1.63. The molecule has 0 saturated carbocycles. The van der Waals surface area contributed by atoms with Crippen LogP contribution in [0.5, 0.6) is 0 Å². The minimum atomic E-state index is -3.71. The maximum Gasteiger partial charge on any atom is 0.263 e. The molecule has 6 heteroatoms. The van der Waals surface area contributed by atoms with Gasteiger partial charge < -0.3 is 0 Å². The molecule has 1 aromatic carbocycles. The summed E-state index contributed by atoms with van der Waals surface area (Å²) in [6, 6.07) is 3.42. The highest BCUT2D eigenvalue weighted by molar-refractivity contribution is 8.14. The lowest BCUT2D eigenvalue weighted by Crippen LogP contribution is -1.92. The van der Waals surface area contributed by atoms with Crippen molar-refractivity contribution in [2.75, 3.05) is 0 Å². The first-order valence-electron chi connectivity index (χ1n) is 3.77. The van der Waals surface area contributed by atoms with E-state index in [0.717, 1.165) is 10.3 Å². The molecular weight excluding hydrogens is 242 g/mol. The van der Waals surface area contributed by atoms with Gasteiger partial charge in [0.25, 0.3) is 9.05 Å². The van der Waals surface area contributed by atoms with Crippen molar-refractivity contribution in [1.29, 1.82) is 0 Å². The van der Waals surface area contributed by atoms with Gasteiger partial charge in [0.1, 0.15) is 10.4 Å². The van der Waals surface area contributed by atoms with Crippen molar-refractivity contribution in [2.45, 2.75) is 11.8 Å². The van der Waals surface area contributed by atoms with Crippen molar-refractivity contribution in [3.8, 4) is 0 Å². The molecule has 2 aromatic rings. The fourth-order valence-corrected chi connectivity index (χ4v) is 3.19. The Morgan fingerprint density at radius 2 is 2.14 bits per heavy atom. The molecule has 0 bridgehead atoms. The Morgan fingerprint density at radius 3 is 2.79 bits per heavy atom. The summed E-state index contributed by atoms with van der Waals surface area (Å²) in [5.41, 5.74) is 2.92. The third-order valence-corrected chi connectivity index (χ3v) is 3.92. The van der Waals surface area contributed by atoms with Gasteiger partial charge >= 0.3 is 0 Å². The largest absolute Gasteiger partial charge is 0.263 e. The van der Waals surface area contributed by atoms with Crippen molar-refractivity contribution in [3.63, 3.8) is 0 Å². The second kappa shape index (κ2) is 3.18. The predicted molar refractivity (Wildman–Crippen MR) is 57.4 cm³/mol. The highest BCUT2D eigenvalue weighted by atomic mass is 35.7. The first-order valence-corrected chi connectivity index (χ1v) is 6.96. The van der Waals surface area contributed by atoms with Crippen molar-refractivity contribution in [3.05, 3.63) is 23.2 Å². The Labute approximate surface area is 89.8 Å². The number of nitrogens with zero attached hydrogens (tertiary/aromatic N) is 1. The average molecular weight is 248 g/mol. The van der Waals surface area contributed by atoms with Crippen LogP contribution < -0.4 is 0 Å². The molecule has 0 aliphatic heterocycles. The first-order chi connectivity index (χ1) is 6.48. The topological polar surface area (TPSA) is 47.0 Å². The molecule has 1 heterocycles. The third-order valence-electron chi connectivity index (χ3n) is 1.81. The number of aromatic nitrogens is 1. The van der Waals surface area contributed by atoms with Crippen LogP contribution in [0, 0.1) is 6.92 Å². The van der Waals surface area contributed by atoms with E-state index in [1.54, 1.807) is 5.51 Å². The summed E-state index contributed by atoms with van der Waals surface area (Å²) in [4.78, 5) is 4.07. The zero-order chi connectivity index (χ0) is 10.3. The number of benzene rings is 1. The average Bonchev–Trinajstić information content (AvgIpc) is 2.47. The van der Waals surface area contributed by atoms with Crippen LogP contribution in [0.25, 0.3) is 10.2 Å². The van der Waals surface area contributed by atoms with Crippen molar-refractivity contribution < 1.29 is 8.42 Å². The van der Waals surface area contributed by atoms with Gasteiger partial charge in [0.2, 0.25) is 0 Å². The summed E-state index contributed by atoms with van der Waals surface area (Å²) >= 11 is 1.40. The molecule has 0 radical (unpaired) electrons. The minimum Gasteiger partial charge on any atom is -0.243 e. The zero-order valence-corrected chi connectivity index (χ0v) is 9.58. The Morgan fingerprint density at radius 1 is 1.43 bits per heavy atom. The first kappa shape index (κ1) is 9.89. The molecule has 0 fully saturated rings. The highest BCUT2D eigenvalue weighted by Gasteiger charge is 2.16. The summed E-state index contributed by atoms with van der Waals surface area (Å²) < 4.78 is 23.3. The standard InChI is InChI=1S/C8H6ClNO2S2/c1-5-2-6-8(10-4-13-6)7(3-5)14(9,11)12/h2-4H,1H3. The van der Waals surface area contributed by atoms with E-state index in [9.17, 15) is 8.42 Å². The Bertz CT molecular complexity index is 588. The van der Waals surface area contributed by atoms with E-state index in [4.69, 9.17) is 10.7 Å². The number of thiazole rings is 1. The summed E-state index contributed by atoms with van der Waals surface area (Å²) in [5, 5.41) is 0. The summed E-state index contributed by atoms with van der Waals surface area (Å²) in [6.07, 6.45) is 0. The zero-order valence-electron chi connectivity index (χ0n) is 7.19. The Balaban J connectivity index is 2.94. The molecule has 74 valence electrons. The van der Waals surface area contributed by atoms with Crippen LogP contribution in [0.2, 0.25) is 0 Å². The van der Waals surface area contributed by atoms with Gasteiger partial charge in [-0.15, -0.1) is 11.3 Å². The van der Waals surface area contributed by atoms with Crippen LogP contribution in [0.15, 0.2) is 22.5 Å². The Kier molecular flexibility index (Phi) is 2.25. The van der Waals surface area contributed by atoms with E-state index in [1.807, 2.05) is 13.0 Å². The van der Waals surface area contributed by atoms with Gasteiger partial charge in [0, 0.05) is 10.7 Å². The second-order valence-electron chi connectivity index (χ2n) is 2.90. The van der Waals surface area contributed by atoms with Gasteiger partial charge in [-0.3, -0.25) is 0 Å². The molecular formula is C8H6ClNO2S2. The molecule has 0 aliphatic rings. The molecule has 0 saturated heterocycles. The van der Waals surface area contributed by atoms with Crippen LogP contribution in [-0.4, -0.2) is 13.4 Å². The van der Waals surface area contributed by atoms with Crippen LogP contribution in [0.1, 0.15) is 5.56 Å². The van der Waals surface area contributed by atoms with E-state index >= 15 is 0 Å². The SMILES string of the molecule is Cc1cc(S(=O)(=O)Cl)c2ncsc2c1. The van der Waals surface area contributed by atoms with Crippen molar-refractivity contribution in [2.24, 2.45) is 0 Å². The maximum absolute atomic E-state index is 11.2. The molecule has 0 amide bonds. The molecule has 0 spiro atoms. The number of hydrogen-bond acceptors (Lipinski definition) is 4. The van der Waals surface area contributed by atoms with Crippen LogP contribution in [-0.2, 0) is 9.05 Å². The molecule has 3 nitrogen and oxygen atoms in total. The fraction of sp³-hybridized carbons (Fsp3) is 0.125. The van der Waals surface area contributed by atoms with Crippen molar-refractivity contribution >= 4 is 41.3 Å². The predicted octanol–water partition coefficient (Wildman–Crippen LogP) is 2.53. The molecule has 1 aromatic heterocycles. The lowest BCUT2D eigenvalue weighted by Gasteiger charge is -1.99. The fourth-order valence-electron chi connectivity index (χ4n) is 1.25.